The average molecular weight is 344 g/mol. The second kappa shape index (κ2) is 8.99. The van der Waals surface area contributed by atoms with Crippen molar-refractivity contribution in [2.75, 3.05) is 14.2 Å². The molecular formula is C15H18ClNO6. The van der Waals surface area contributed by atoms with E-state index in [4.69, 9.17) is 16.3 Å². The number of rotatable bonds is 7. The molecule has 0 aliphatic carbocycles. The minimum atomic E-state index is -1.14. The molecule has 1 aromatic carbocycles. The predicted octanol–water partition coefficient (Wildman–Crippen LogP) is 1.33. The quantitative estimate of drug-likeness (QED) is 0.751. The van der Waals surface area contributed by atoms with Crippen molar-refractivity contribution >= 4 is 29.4 Å². The van der Waals surface area contributed by atoms with Crippen molar-refractivity contribution in [3.8, 4) is 5.75 Å². The summed E-state index contributed by atoms with van der Waals surface area (Å²) in [6.07, 6.45) is -1.22. The van der Waals surface area contributed by atoms with Gasteiger partial charge in [0.1, 0.15) is 11.8 Å². The Kier molecular flexibility index (Phi) is 7.34. The number of halogens is 1. The van der Waals surface area contributed by atoms with Crippen molar-refractivity contribution in [1.82, 2.24) is 5.32 Å². The first-order valence-corrected chi connectivity index (χ1v) is 7.12. The number of hydrogen-bond acceptors (Lipinski definition) is 6. The molecule has 8 heteroatoms. The third kappa shape index (κ3) is 6.15. The monoisotopic (exact) mass is 343 g/mol. The molecule has 0 heterocycles. The van der Waals surface area contributed by atoms with E-state index in [1.807, 2.05) is 0 Å². The number of carbonyl (C=O) groups is 3. The maximum atomic E-state index is 12.1. The van der Waals surface area contributed by atoms with Crippen molar-refractivity contribution in [2.45, 2.75) is 25.5 Å². The Balaban J connectivity index is 2.67. The molecule has 0 aromatic heterocycles. The lowest BCUT2D eigenvalue weighted by Crippen LogP contribution is -2.47. The molecule has 2 atom stereocenters. The number of ether oxygens (including phenoxy) is 3. The molecule has 7 nitrogen and oxygen atoms in total. The van der Waals surface area contributed by atoms with E-state index in [0.717, 1.165) is 7.11 Å². The third-order valence-electron chi connectivity index (χ3n) is 2.90. The molecule has 1 N–H and O–H groups in total. The van der Waals surface area contributed by atoms with Crippen LogP contribution in [0.2, 0.25) is 5.02 Å². The normalized spacial score (nSPS) is 12.7. The molecule has 1 rings (SSSR count). The SMILES string of the molecule is COC(=O)C[C@@H](NC(=O)[C@H](C)Oc1ccc(Cl)cc1)C(=O)OC. The van der Waals surface area contributed by atoms with Crippen LogP contribution in [0.25, 0.3) is 0 Å². The number of benzene rings is 1. The van der Waals surface area contributed by atoms with Gasteiger partial charge in [-0.05, 0) is 31.2 Å². The summed E-state index contributed by atoms with van der Waals surface area (Å²) in [5, 5.41) is 2.94. The molecule has 0 spiro atoms. The largest absolute Gasteiger partial charge is 0.481 e. The highest BCUT2D eigenvalue weighted by molar-refractivity contribution is 6.30. The molecule has 0 bridgehead atoms. The molecule has 0 radical (unpaired) electrons. The van der Waals surface area contributed by atoms with Gasteiger partial charge in [0.05, 0.1) is 20.6 Å². The molecule has 0 unspecified atom stereocenters. The number of hydrogen-bond donors (Lipinski definition) is 1. The molecule has 1 amide bonds. The van der Waals surface area contributed by atoms with E-state index < -0.39 is 30.0 Å². The van der Waals surface area contributed by atoms with E-state index in [0.29, 0.717) is 10.8 Å². The number of methoxy groups -OCH3 is 2. The van der Waals surface area contributed by atoms with Crippen LogP contribution in [-0.2, 0) is 23.9 Å². The highest BCUT2D eigenvalue weighted by Gasteiger charge is 2.27. The lowest BCUT2D eigenvalue weighted by molar-refractivity contribution is -0.151. The first-order valence-electron chi connectivity index (χ1n) is 6.74. The zero-order valence-corrected chi connectivity index (χ0v) is 13.8. The average Bonchev–Trinajstić information content (AvgIpc) is 2.55. The summed E-state index contributed by atoms with van der Waals surface area (Å²) >= 11 is 5.76. The van der Waals surface area contributed by atoms with Crippen LogP contribution in [-0.4, -0.2) is 44.2 Å². The first kappa shape index (κ1) is 18.8. The Bertz CT molecular complexity index is 560. The number of amides is 1. The Morgan fingerprint density at radius 1 is 1.13 bits per heavy atom. The Labute approximate surface area is 138 Å². The predicted molar refractivity (Wildman–Crippen MR) is 82.1 cm³/mol. The summed E-state index contributed by atoms with van der Waals surface area (Å²) in [6.45, 7) is 1.51. The fraction of sp³-hybridized carbons (Fsp3) is 0.400. The van der Waals surface area contributed by atoms with Gasteiger partial charge in [-0.15, -0.1) is 0 Å². The Morgan fingerprint density at radius 2 is 1.74 bits per heavy atom. The van der Waals surface area contributed by atoms with Gasteiger partial charge in [-0.2, -0.15) is 0 Å². The van der Waals surface area contributed by atoms with Crippen molar-refractivity contribution in [2.24, 2.45) is 0 Å². The van der Waals surface area contributed by atoms with Crippen LogP contribution in [0.5, 0.6) is 5.75 Å². The molecule has 0 saturated carbocycles. The van der Waals surface area contributed by atoms with Crippen LogP contribution in [0.4, 0.5) is 0 Å². The third-order valence-corrected chi connectivity index (χ3v) is 3.15. The van der Waals surface area contributed by atoms with Gasteiger partial charge in [0.15, 0.2) is 6.10 Å². The Morgan fingerprint density at radius 3 is 2.26 bits per heavy atom. The smallest absolute Gasteiger partial charge is 0.328 e. The molecule has 126 valence electrons. The van der Waals surface area contributed by atoms with E-state index >= 15 is 0 Å². The second-order valence-corrected chi connectivity index (χ2v) is 5.02. The fourth-order valence-electron chi connectivity index (χ4n) is 1.65. The summed E-state index contributed by atoms with van der Waals surface area (Å²) in [6, 6.07) is 5.32. The molecule has 0 aliphatic heterocycles. The lowest BCUT2D eigenvalue weighted by atomic mass is 10.2. The van der Waals surface area contributed by atoms with Crippen molar-refractivity contribution < 1.29 is 28.6 Å². The molecule has 1 aromatic rings. The highest BCUT2D eigenvalue weighted by Crippen LogP contribution is 2.16. The standard InChI is InChI=1S/C15H18ClNO6/c1-9(23-11-6-4-10(16)5-7-11)14(19)17-12(15(20)22-3)8-13(18)21-2/h4-7,9,12H,8H2,1-3H3,(H,17,19)/t9-,12+/m0/s1. The first-order chi connectivity index (χ1) is 10.9. The molecule has 0 aliphatic rings. The second-order valence-electron chi connectivity index (χ2n) is 4.58. The van der Waals surface area contributed by atoms with Crippen molar-refractivity contribution in [3.05, 3.63) is 29.3 Å². The summed E-state index contributed by atoms with van der Waals surface area (Å²) < 4.78 is 14.5. The number of esters is 2. The lowest BCUT2D eigenvalue weighted by Gasteiger charge is -2.19. The van der Waals surface area contributed by atoms with E-state index in [1.165, 1.54) is 14.0 Å². The van der Waals surface area contributed by atoms with Gasteiger partial charge < -0.3 is 19.5 Å². The summed E-state index contributed by atoms with van der Waals surface area (Å²) in [5.74, 6) is -1.52. The van der Waals surface area contributed by atoms with Gasteiger partial charge >= 0.3 is 11.9 Å². The van der Waals surface area contributed by atoms with Crippen LogP contribution >= 0.6 is 11.6 Å². The topological polar surface area (TPSA) is 90.9 Å². The van der Waals surface area contributed by atoms with E-state index in [2.05, 4.69) is 14.8 Å². The van der Waals surface area contributed by atoms with Crippen molar-refractivity contribution in [1.29, 1.82) is 0 Å². The summed E-state index contributed by atoms with van der Waals surface area (Å²) in [5.41, 5.74) is 0. The van der Waals surface area contributed by atoms with Crippen molar-refractivity contribution in [3.63, 3.8) is 0 Å². The Hall–Kier alpha value is -2.28. The molecule has 0 saturated heterocycles. The number of carbonyl (C=O) groups excluding carboxylic acids is 3. The molecule has 23 heavy (non-hydrogen) atoms. The van der Waals surface area contributed by atoms with Gasteiger partial charge in [-0.3, -0.25) is 9.59 Å². The maximum Gasteiger partial charge on any atom is 0.328 e. The fourth-order valence-corrected chi connectivity index (χ4v) is 1.77. The van der Waals surface area contributed by atoms with Crippen LogP contribution in [0, 0.1) is 0 Å². The van der Waals surface area contributed by atoms with Crippen LogP contribution < -0.4 is 10.1 Å². The zero-order chi connectivity index (χ0) is 17.4. The van der Waals surface area contributed by atoms with Crippen LogP contribution in [0.15, 0.2) is 24.3 Å². The van der Waals surface area contributed by atoms with E-state index in [-0.39, 0.29) is 6.42 Å². The minimum Gasteiger partial charge on any atom is -0.481 e. The van der Waals surface area contributed by atoms with Gasteiger partial charge in [0, 0.05) is 5.02 Å². The summed E-state index contributed by atoms with van der Waals surface area (Å²) in [7, 11) is 2.34. The number of nitrogens with one attached hydrogen (secondary N) is 1. The van der Waals surface area contributed by atoms with E-state index in [1.54, 1.807) is 24.3 Å². The molecular weight excluding hydrogens is 326 g/mol. The van der Waals surface area contributed by atoms with Crippen LogP contribution in [0.1, 0.15) is 13.3 Å². The maximum absolute atomic E-state index is 12.1. The van der Waals surface area contributed by atoms with Gasteiger partial charge in [0.2, 0.25) is 0 Å². The van der Waals surface area contributed by atoms with Gasteiger partial charge in [-0.25, -0.2) is 4.79 Å². The highest BCUT2D eigenvalue weighted by atomic mass is 35.5. The summed E-state index contributed by atoms with van der Waals surface area (Å²) in [4.78, 5) is 35.0. The van der Waals surface area contributed by atoms with Crippen LogP contribution in [0.3, 0.4) is 0 Å². The van der Waals surface area contributed by atoms with Gasteiger partial charge in [-0.1, -0.05) is 11.6 Å². The minimum absolute atomic E-state index is 0.331. The van der Waals surface area contributed by atoms with E-state index in [9.17, 15) is 14.4 Å². The zero-order valence-electron chi connectivity index (χ0n) is 13.0. The molecule has 0 fully saturated rings. The van der Waals surface area contributed by atoms with Gasteiger partial charge in [0.25, 0.3) is 5.91 Å².